The zero-order valence-corrected chi connectivity index (χ0v) is 30.4. The molecule has 0 heterocycles. The number of benzene rings is 3. The van der Waals surface area contributed by atoms with Crippen molar-refractivity contribution in [2.24, 2.45) is 0 Å². The van der Waals surface area contributed by atoms with Crippen LogP contribution >= 0.6 is 0 Å². The molecule has 0 radical (unpaired) electrons. The maximum atomic E-state index is 12.2. The van der Waals surface area contributed by atoms with Crippen molar-refractivity contribution < 1.29 is 57.0 Å². The van der Waals surface area contributed by atoms with Crippen LogP contribution in [-0.4, -0.2) is 138 Å². The summed E-state index contributed by atoms with van der Waals surface area (Å²) in [5.41, 5.74) is 5.28. The lowest BCUT2D eigenvalue weighted by atomic mass is 9.98. The van der Waals surface area contributed by atoms with Gasteiger partial charge in [0.05, 0.1) is 111 Å². The van der Waals surface area contributed by atoms with Gasteiger partial charge in [0.2, 0.25) is 0 Å². The van der Waals surface area contributed by atoms with Gasteiger partial charge in [0.1, 0.15) is 13.2 Å². The maximum Gasteiger partial charge on any atom is 0.407 e. The molecular formula is C40H53NO12. The van der Waals surface area contributed by atoms with Crippen LogP contribution in [0.5, 0.6) is 0 Å². The average Bonchev–Trinajstić information content (AvgIpc) is 3.51. The van der Waals surface area contributed by atoms with Gasteiger partial charge in [0.15, 0.2) is 0 Å². The van der Waals surface area contributed by atoms with Crippen LogP contribution in [0.4, 0.5) is 4.79 Å². The number of carbonyl (C=O) groups is 2. The highest BCUT2D eigenvalue weighted by molar-refractivity contribution is 5.89. The molecule has 4 rings (SSSR count). The largest absolute Gasteiger partial charge is 0.460 e. The Kier molecular flexibility index (Phi) is 21.1. The summed E-state index contributed by atoms with van der Waals surface area (Å²) < 4.78 is 54.5. The molecule has 0 unspecified atom stereocenters. The van der Waals surface area contributed by atoms with E-state index in [4.69, 9.17) is 47.4 Å². The van der Waals surface area contributed by atoms with E-state index in [0.717, 1.165) is 0 Å². The minimum Gasteiger partial charge on any atom is -0.460 e. The second-order valence-electron chi connectivity index (χ2n) is 11.7. The van der Waals surface area contributed by atoms with Crippen LogP contribution in [-0.2, 0) is 47.4 Å². The molecule has 0 fully saturated rings. The van der Waals surface area contributed by atoms with Gasteiger partial charge in [0.25, 0.3) is 0 Å². The summed E-state index contributed by atoms with van der Waals surface area (Å²) in [7, 11) is 0. The maximum absolute atomic E-state index is 12.2. The van der Waals surface area contributed by atoms with Crippen molar-refractivity contribution >= 4 is 12.1 Å². The molecule has 1 aliphatic rings. The molecular weight excluding hydrogens is 686 g/mol. The Balaban J connectivity index is 0.807. The Hall–Kier alpha value is -3.92. The molecule has 0 spiro atoms. The summed E-state index contributed by atoms with van der Waals surface area (Å²) >= 11 is 0. The monoisotopic (exact) mass is 739 g/mol. The zero-order chi connectivity index (χ0) is 37.0. The van der Waals surface area contributed by atoms with Crippen LogP contribution in [0.1, 0.15) is 27.4 Å². The van der Waals surface area contributed by atoms with Crippen molar-refractivity contribution in [3.63, 3.8) is 0 Å². The third-order valence-corrected chi connectivity index (χ3v) is 7.93. The normalized spacial score (nSPS) is 12.0. The molecule has 0 saturated carbocycles. The Labute approximate surface area is 312 Å². The van der Waals surface area contributed by atoms with Crippen LogP contribution in [0.25, 0.3) is 11.1 Å². The van der Waals surface area contributed by atoms with E-state index in [9.17, 15) is 9.59 Å². The second kappa shape index (κ2) is 26.8. The molecule has 13 nitrogen and oxygen atoms in total. The summed E-state index contributed by atoms with van der Waals surface area (Å²) in [5.74, 6) is -0.327. The van der Waals surface area contributed by atoms with Crippen LogP contribution in [0.2, 0.25) is 0 Å². The predicted octanol–water partition coefficient (Wildman–Crippen LogP) is 4.51. The topological polar surface area (TPSA) is 138 Å². The fraction of sp³-hybridized carbons (Fsp3) is 0.500. The molecule has 0 aliphatic heterocycles. The number of carbonyl (C=O) groups excluding carboxylic acids is 2. The molecule has 1 amide bonds. The first-order chi connectivity index (χ1) is 26.2. The summed E-state index contributed by atoms with van der Waals surface area (Å²) in [6.07, 6.45) is -0.456. The number of alkyl carbamates (subject to hydrolysis) is 1. The van der Waals surface area contributed by atoms with Crippen molar-refractivity contribution in [2.75, 3.05) is 125 Å². The summed E-state index contributed by atoms with van der Waals surface area (Å²) in [5, 5.41) is 2.74. The van der Waals surface area contributed by atoms with Gasteiger partial charge in [0, 0.05) is 12.5 Å². The third-order valence-electron chi connectivity index (χ3n) is 7.93. The van der Waals surface area contributed by atoms with Gasteiger partial charge in [-0.25, -0.2) is 9.59 Å². The second-order valence-corrected chi connectivity index (χ2v) is 11.7. The van der Waals surface area contributed by atoms with Crippen LogP contribution in [0.3, 0.4) is 0 Å². The van der Waals surface area contributed by atoms with E-state index >= 15 is 0 Å². The van der Waals surface area contributed by atoms with E-state index in [-0.39, 0.29) is 25.1 Å². The number of esters is 1. The van der Waals surface area contributed by atoms with Gasteiger partial charge in [-0.3, -0.25) is 0 Å². The Morgan fingerprint density at radius 2 is 0.811 bits per heavy atom. The number of amides is 1. The summed E-state index contributed by atoms with van der Waals surface area (Å²) in [4.78, 5) is 24.0. The third kappa shape index (κ3) is 16.7. The van der Waals surface area contributed by atoms with Crippen LogP contribution in [0, 0.1) is 0 Å². The molecule has 1 aliphatic carbocycles. The Morgan fingerprint density at radius 1 is 0.434 bits per heavy atom. The van der Waals surface area contributed by atoms with Gasteiger partial charge >= 0.3 is 12.1 Å². The van der Waals surface area contributed by atoms with Crippen molar-refractivity contribution in [1.82, 2.24) is 5.32 Å². The van der Waals surface area contributed by atoms with Crippen molar-refractivity contribution in [2.45, 2.75) is 5.92 Å². The molecule has 53 heavy (non-hydrogen) atoms. The van der Waals surface area contributed by atoms with E-state index in [2.05, 4.69) is 29.6 Å². The smallest absolute Gasteiger partial charge is 0.407 e. The highest BCUT2D eigenvalue weighted by Crippen LogP contribution is 2.44. The number of nitrogens with one attached hydrogen (secondary N) is 1. The molecule has 3 aromatic carbocycles. The number of fused-ring (bicyclic) bond motifs is 3. The standard InChI is InChI=1S/C40H53NO12/c42-39(33-8-2-1-3-9-33)52-31-30-51-29-28-50-27-26-49-25-24-48-23-22-47-21-20-46-19-18-45-17-16-44-15-14-41-40(43)53-32-38-36-12-6-4-10-34(36)35-11-5-7-13-37(35)38/h1-13,38H,14-32H2,(H,41,43). The van der Waals surface area contributed by atoms with Crippen molar-refractivity contribution in [3.05, 3.63) is 95.6 Å². The van der Waals surface area contributed by atoms with Crippen LogP contribution < -0.4 is 5.32 Å². The SMILES string of the molecule is O=C(NCCOCCOCCOCCOCCOCCOCCOCCOCCOC(=O)c1ccccc1)OCC1c2ccccc2-c2ccccc21. The lowest BCUT2D eigenvalue weighted by Crippen LogP contribution is -2.29. The fourth-order valence-electron chi connectivity index (χ4n) is 5.37. The van der Waals surface area contributed by atoms with Gasteiger partial charge in [-0.2, -0.15) is 0 Å². The minimum absolute atomic E-state index is 0.0337. The number of ether oxygens (including phenoxy) is 10. The highest BCUT2D eigenvalue weighted by Gasteiger charge is 2.28. The summed E-state index contributed by atoms with van der Waals surface area (Å²) in [6, 6.07) is 25.3. The molecule has 0 bridgehead atoms. The highest BCUT2D eigenvalue weighted by atomic mass is 16.6. The van der Waals surface area contributed by atoms with E-state index in [1.54, 1.807) is 24.3 Å². The lowest BCUT2D eigenvalue weighted by molar-refractivity contribution is -0.0243. The molecule has 0 atom stereocenters. The Morgan fingerprint density at radius 3 is 1.26 bits per heavy atom. The first-order valence-corrected chi connectivity index (χ1v) is 18.2. The minimum atomic E-state index is -0.456. The van der Waals surface area contributed by atoms with Gasteiger partial charge < -0.3 is 52.7 Å². The molecule has 290 valence electrons. The molecule has 3 aromatic rings. The van der Waals surface area contributed by atoms with Crippen molar-refractivity contribution in [3.8, 4) is 11.1 Å². The van der Waals surface area contributed by atoms with E-state index in [0.29, 0.717) is 118 Å². The molecule has 1 N–H and O–H groups in total. The van der Waals surface area contributed by atoms with Crippen LogP contribution in [0.15, 0.2) is 78.9 Å². The number of hydrogen-bond donors (Lipinski definition) is 1. The van der Waals surface area contributed by atoms with Crippen molar-refractivity contribution in [1.29, 1.82) is 0 Å². The number of rotatable bonds is 30. The average molecular weight is 740 g/mol. The molecule has 0 saturated heterocycles. The first kappa shape index (κ1) is 41.8. The van der Waals surface area contributed by atoms with E-state index < -0.39 is 6.09 Å². The van der Waals surface area contributed by atoms with Gasteiger partial charge in [-0.05, 0) is 34.4 Å². The van der Waals surface area contributed by atoms with E-state index in [1.165, 1.54) is 22.3 Å². The molecule has 13 heteroatoms. The zero-order valence-electron chi connectivity index (χ0n) is 30.4. The molecule has 0 aromatic heterocycles. The first-order valence-electron chi connectivity index (χ1n) is 18.2. The Bertz CT molecular complexity index is 1380. The van der Waals surface area contributed by atoms with E-state index in [1.807, 2.05) is 30.3 Å². The predicted molar refractivity (Wildman–Crippen MR) is 196 cm³/mol. The fourth-order valence-corrected chi connectivity index (χ4v) is 5.37. The van der Waals surface area contributed by atoms with Gasteiger partial charge in [-0.1, -0.05) is 66.7 Å². The summed E-state index contributed by atoms with van der Waals surface area (Å²) in [6.45, 7) is 7.89. The quantitative estimate of drug-likeness (QED) is 0.0761. The number of hydrogen-bond acceptors (Lipinski definition) is 12. The van der Waals surface area contributed by atoms with Gasteiger partial charge in [-0.15, -0.1) is 0 Å². The lowest BCUT2D eigenvalue weighted by Gasteiger charge is -2.14.